The molecule has 0 saturated heterocycles. The van der Waals surface area contributed by atoms with Crippen LogP contribution in [-0.4, -0.2) is 12.4 Å². The van der Waals surface area contributed by atoms with E-state index in [1.54, 1.807) is 24.4 Å². The summed E-state index contributed by atoms with van der Waals surface area (Å²) < 4.78 is 26.9. The molecule has 3 nitrogen and oxygen atoms in total. The first kappa shape index (κ1) is 13.2. The number of nitrogens with zero attached hydrogens (tertiary/aromatic N) is 1. The molecule has 1 atom stereocenters. The maximum atomic E-state index is 12.7. The van der Waals surface area contributed by atoms with Gasteiger partial charge in [-0.05, 0) is 44.0 Å². The Morgan fingerprint density at radius 2 is 1.90 bits per heavy atom. The van der Waals surface area contributed by atoms with E-state index in [1.165, 1.54) is 3.97 Å². The third kappa shape index (κ3) is 2.20. The van der Waals surface area contributed by atoms with Gasteiger partial charge in [0.1, 0.15) is 0 Å². The quantitative estimate of drug-likeness (QED) is 0.811. The van der Waals surface area contributed by atoms with Gasteiger partial charge in [-0.25, -0.2) is 12.4 Å². The molecule has 1 unspecified atom stereocenters. The molecular formula is C16H17NO2S. The fraction of sp³-hybridized carbons (Fsp3) is 0.250. The second-order valence-corrected chi connectivity index (χ2v) is 6.97. The molecular weight excluding hydrogens is 270 g/mol. The van der Waals surface area contributed by atoms with Crippen LogP contribution in [0.4, 0.5) is 0 Å². The lowest BCUT2D eigenvalue weighted by Crippen LogP contribution is -2.16. The first-order valence-electron chi connectivity index (χ1n) is 6.75. The van der Waals surface area contributed by atoms with Crippen molar-refractivity contribution in [2.45, 2.75) is 30.6 Å². The average Bonchev–Trinajstić information content (AvgIpc) is 3.10. The van der Waals surface area contributed by atoms with Crippen LogP contribution in [-0.2, 0) is 10.0 Å². The van der Waals surface area contributed by atoms with E-state index in [0.29, 0.717) is 4.90 Å². The molecule has 1 aliphatic carbocycles. The van der Waals surface area contributed by atoms with Crippen molar-refractivity contribution in [2.24, 2.45) is 0 Å². The molecule has 0 N–H and O–H groups in total. The second-order valence-electron chi connectivity index (χ2n) is 5.16. The third-order valence-corrected chi connectivity index (χ3v) is 5.43. The number of hydrogen-bond donors (Lipinski definition) is 0. The molecule has 0 amide bonds. The lowest BCUT2D eigenvalue weighted by Gasteiger charge is -2.14. The zero-order valence-corrected chi connectivity index (χ0v) is 12.2. The summed E-state index contributed by atoms with van der Waals surface area (Å²) in [5.41, 5.74) is 1.90. The number of aromatic nitrogens is 1. The average molecular weight is 287 g/mol. The van der Waals surface area contributed by atoms with Crippen LogP contribution in [0.25, 0.3) is 0 Å². The van der Waals surface area contributed by atoms with Gasteiger partial charge < -0.3 is 0 Å². The summed E-state index contributed by atoms with van der Waals surface area (Å²) in [6.07, 6.45) is 7.83. The fourth-order valence-corrected chi connectivity index (χ4v) is 4.00. The highest BCUT2D eigenvalue weighted by Gasteiger charge is 2.23. The Balaban J connectivity index is 2.06. The van der Waals surface area contributed by atoms with Crippen LogP contribution in [0.15, 0.2) is 59.6 Å². The topological polar surface area (TPSA) is 39.1 Å². The van der Waals surface area contributed by atoms with E-state index in [-0.39, 0.29) is 5.92 Å². The molecule has 0 fully saturated rings. The van der Waals surface area contributed by atoms with Crippen molar-refractivity contribution in [3.63, 3.8) is 0 Å². The Labute approximate surface area is 119 Å². The highest BCUT2D eigenvalue weighted by molar-refractivity contribution is 7.90. The van der Waals surface area contributed by atoms with Gasteiger partial charge in [0, 0.05) is 17.8 Å². The number of aryl methyl sites for hydroxylation is 1. The first-order valence-corrected chi connectivity index (χ1v) is 8.19. The Morgan fingerprint density at radius 1 is 1.15 bits per heavy atom. The SMILES string of the molecule is Cc1ccc(S(=O)(=O)n2cccc2C2C=CCC2)cc1. The maximum absolute atomic E-state index is 12.7. The molecule has 3 rings (SSSR count). The molecule has 0 aliphatic heterocycles. The number of benzene rings is 1. The second kappa shape index (κ2) is 4.94. The van der Waals surface area contributed by atoms with Crippen LogP contribution in [0.2, 0.25) is 0 Å². The highest BCUT2D eigenvalue weighted by atomic mass is 32.2. The molecule has 2 aromatic rings. The van der Waals surface area contributed by atoms with Crippen LogP contribution >= 0.6 is 0 Å². The number of allylic oxidation sites excluding steroid dienone is 2. The van der Waals surface area contributed by atoms with Crippen molar-refractivity contribution >= 4 is 10.0 Å². The predicted octanol–water partition coefficient (Wildman–Crippen LogP) is 3.47. The fourth-order valence-electron chi connectivity index (χ4n) is 2.59. The van der Waals surface area contributed by atoms with Gasteiger partial charge in [-0.1, -0.05) is 29.8 Å². The van der Waals surface area contributed by atoms with E-state index in [1.807, 2.05) is 25.1 Å². The molecule has 1 heterocycles. The largest absolute Gasteiger partial charge is 0.267 e. The minimum atomic E-state index is -3.50. The summed E-state index contributed by atoms with van der Waals surface area (Å²) in [5, 5.41) is 0. The molecule has 1 aromatic carbocycles. The molecule has 1 aromatic heterocycles. The Bertz CT molecular complexity index is 739. The van der Waals surface area contributed by atoms with E-state index in [0.717, 1.165) is 24.1 Å². The van der Waals surface area contributed by atoms with Crippen molar-refractivity contribution in [1.82, 2.24) is 3.97 Å². The molecule has 0 spiro atoms. The first-order chi connectivity index (χ1) is 9.59. The van der Waals surface area contributed by atoms with Crippen LogP contribution in [0.3, 0.4) is 0 Å². The summed E-state index contributed by atoms with van der Waals surface area (Å²) in [6, 6.07) is 10.7. The minimum absolute atomic E-state index is 0.199. The monoisotopic (exact) mass is 287 g/mol. The van der Waals surface area contributed by atoms with Gasteiger partial charge in [-0.3, -0.25) is 0 Å². The Kier molecular flexibility index (Phi) is 3.26. The Hall–Kier alpha value is -1.81. The van der Waals surface area contributed by atoms with Crippen LogP contribution in [0, 0.1) is 6.92 Å². The molecule has 1 aliphatic rings. The molecule has 104 valence electrons. The Morgan fingerprint density at radius 3 is 2.55 bits per heavy atom. The van der Waals surface area contributed by atoms with Crippen molar-refractivity contribution in [3.05, 3.63) is 66.0 Å². The summed E-state index contributed by atoms with van der Waals surface area (Å²) in [4.78, 5) is 0.336. The van der Waals surface area contributed by atoms with Gasteiger partial charge in [0.15, 0.2) is 0 Å². The summed E-state index contributed by atoms with van der Waals surface area (Å²) in [7, 11) is -3.50. The van der Waals surface area contributed by atoms with E-state index < -0.39 is 10.0 Å². The van der Waals surface area contributed by atoms with E-state index in [2.05, 4.69) is 12.2 Å². The van der Waals surface area contributed by atoms with E-state index in [4.69, 9.17) is 0 Å². The standard InChI is InChI=1S/C16H17NO2S/c1-13-8-10-15(11-9-13)20(18,19)17-12-4-7-16(17)14-5-2-3-6-14/h2,4-5,7-12,14H,3,6H2,1H3. The molecule has 20 heavy (non-hydrogen) atoms. The highest BCUT2D eigenvalue weighted by Crippen LogP contribution is 2.30. The van der Waals surface area contributed by atoms with Crippen molar-refractivity contribution in [3.8, 4) is 0 Å². The number of rotatable bonds is 3. The summed E-state index contributed by atoms with van der Waals surface area (Å²) in [5.74, 6) is 0.199. The van der Waals surface area contributed by atoms with Crippen LogP contribution < -0.4 is 0 Å². The molecule has 4 heteroatoms. The normalized spacial score (nSPS) is 18.6. The molecule has 0 radical (unpaired) electrons. The molecule has 0 bridgehead atoms. The van der Waals surface area contributed by atoms with Crippen LogP contribution in [0.1, 0.15) is 30.0 Å². The van der Waals surface area contributed by atoms with E-state index >= 15 is 0 Å². The zero-order chi connectivity index (χ0) is 14.2. The lowest BCUT2D eigenvalue weighted by atomic mass is 10.1. The van der Waals surface area contributed by atoms with Crippen molar-refractivity contribution in [1.29, 1.82) is 0 Å². The van der Waals surface area contributed by atoms with Crippen LogP contribution in [0.5, 0.6) is 0 Å². The summed E-state index contributed by atoms with van der Waals surface area (Å²) >= 11 is 0. The van der Waals surface area contributed by atoms with Gasteiger partial charge >= 0.3 is 0 Å². The maximum Gasteiger partial charge on any atom is 0.267 e. The van der Waals surface area contributed by atoms with Gasteiger partial charge in [0.05, 0.1) is 4.90 Å². The van der Waals surface area contributed by atoms with Gasteiger partial charge in [0.25, 0.3) is 10.0 Å². The number of hydrogen-bond acceptors (Lipinski definition) is 2. The predicted molar refractivity (Wildman–Crippen MR) is 79.3 cm³/mol. The van der Waals surface area contributed by atoms with Gasteiger partial charge in [0.2, 0.25) is 0 Å². The van der Waals surface area contributed by atoms with Gasteiger partial charge in [-0.2, -0.15) is 0 Å². The summed E-state index contributed by atoms with van der Waals surface area (Å²) in [6.45, 7) is 1.95. The third-order valence-electron chi connectivity index (χ3n) is 3.71. The van der Waals surface area contributed by atoms with E-state index in [9.17, 15) is 8.42 Å². The lowest BCUT2D eigenvalue weighted by molar-refractivity contribution is 0.583. The minimum Gasteiger partial charge on any atom is -0.245 e. The smallest absolute Gasteiger partial charge is 0.245 e. The molecule has 0 saturated carbocycles. The van der Waals surface area contributed by atoms with Crippen molar-refractivity contribution in [2.75, 3.05) is 0 Å². The zero-order valence-electron chi connectivity index (χ0n) is 11.4. The van der Waals surface area contributed by atoms with Crippen molar-refractivity contribution < 1.29 is 8.42 Å². The van der Waals surface area contributed by atoms with Gasteiger partial charge in [-0.15, -0.1) is 0 Å².